The van der Waals surface area contributed by atoms with Gasteiger partial charge in [-0.3, -0.25) is 9.69 Å². The van der Waals surface area contributed by atoms with E-state index in [-0.39, 0.29) is 5.91 Å². The topological polar surface area (TPSA) is 32.3 Å². The molecule has 3 rings (SSSR count). The van der Waals surface area contributed by atoms with E-state index in [0.29, 0.717) is 6.54 Å². The van der Waals surface area contributed by atoms with Gasteiger partial charge in [0, 0.05) is 10.6 Å². The predicted octanol–water partition coefficient (Wildman–Crippen LogP) is 4.65. The molecule has 1 aliphatic rings. The minimum atomic E-state index is 0.0855. The molecule has 1 heterocycles. The lowest BCUT2D eigenvalue weighted by Gasteiger charge is -2.29. The summed E-state index contributed by atoms with van der Waals surface area (Å²) in [4.78, 5) is 15.8. The van der Waals surface area contributed by atoms with E-state index in [1.54, 1.807) is 11.8 Å². The molecular formula is C21H26N2OS. The summed E-state index contributed by atoms with van der Waals surface area (Å²) in [6.07, 6.45) is 2.38. The van der Waals surface area contributed by atoms with Crippen molar-refractivity contribution in [2.75, 3.05) is 25.0 Å². The van der Waals surface area contributed by atoms with Crippen molar-refractivity contribution in [1.29, 1.82) is 0 Å². The van der Waals surface area contributed by atoms with E-state index < -0.39 is 0 Å². The number of hydrogen-bond acceptors (Lipinski definition) is 3. The first kappa shape index (κ1) is 18.0. The van der Waals surface area contributed by atoms with Gasteiger partial charge >= 0.3 is 0 Å². The average Bonchev–Trinajstić information content (AvgIpc) is 2.64. The third-order valence-corrected chi connectivity index (χ3v) is 5.79. The van der Waals surface area contributed by atoms with E-state index in [0.717, 1.165) is 35.3 Å². The van der Waals surface area contributed by atoms with Crippen LogP contribution in [0.3, 0.4) is 0 Å². The number of carbonyl (C=O) groups excluding carboxylic acids is 1. The lowest BCUT2D eigenvalue weighted by molar-refractivity contribution is -0.117. The number of para-hydroxylation sites is 1. The Morgan fingerprint density at radius 2 is 1.76 bits per heavy atom. The Hall–Kier alpha value is -1.78. The van der Waals surface area contributed by atoms with Gasteiger partial charge < -0.3 is 5.32 Å². The quantitative estimate of drug-likeness (QED) is 0.767. The number of hydrogen-bond donors (Lipinski definition) is 1. The molecule has 0 aromatic heterocycles. The van der Waals surface area contributed by atoms with Crippen molar-refractivity contribution >= 4 is 23.4 Å². The van der Waals surface area contributed by atoms with E-state index in [9.17, 15) is 4.79 Å². The second-order valence-corrected chi connectivity index (χ2v) is 7.79. The van der Waals surface area contributed by atoms with Gasteiger partial charge in [0.15, 0.2) is 0 Å². The van der Waals surface area contributed by atoms with Gasteiger partial charge in [-0.2, -0.15) is 0 Å². The Morgan fingerprint density at radius 3 is 2.52 bits per heavy atom. The summed E-state index contributed by atoms with van der Waals surface area (Å²) in [5, 5.41) is 3.10. The number of thioether (sulfide) groups is 1. The zero-order valence-corrected chi connectivity index (χ0v) is 15.6. The van der Waals surface area contributed by atoms with Gasteiger partial charge in [-0.15, -0.1) is 11.8 Å². The first-order valence-corrected chi connectivity index (χ1v) is 9.97. The number of anilines is 1. The summed E-state index contributed by atoms with van der Waals surface area (Å²) in [6, 6.07) is 18.5. The van der Waals surface area contributed by atoms with Crippen molar-refractivity contribution < 1.29 is 4.79 Å². The molecule has 0 bridgehead atoms. The van der Waals surface area contributed by atoms with Crippen LogP contribution in [0.1, 0.15) is 25.3 Å². The van der Waals surface area contributed by atoms with E-state index in [4.69, 9.17) is 0 Å². The van der Waals surface area contributed by atoms with Crippen LogP contribution in [0, 0.1) is 5.92 Å². The maximum absolute atomic E-state index is 12.4. The zero-order chi connectivity index (χ0) is 17.5. The van der Waals surface area contributed by atoms with Crippen molar-refractivity contribution in [2.45, 2.75) is 30.4 Å². The third kappa shape index (κ3) is 5.62. The van der Waals surface area contributed by atoms with Gasteiger partial charge in [0.2, 0.25) is 5.91 Å². The maximum atomic E-state index is 12.4. The average molecular weight is 355 g/mol. The molecule has 1 N–H and O–H groups in total. The molecule has 1 saturated heterocycles. The van der Waals surface area contributed by atoms with E-state index >= 15 is 0 Å². The molecule has 0 unspecified atom stereocenters. The second kappa shape index (κ2) is 9.07. The molecule has 2 aromatic rings. The number of benzene rings is 2. The molecule has 132 valence electrons. The highest BCUT2D eigenvalue weighted by molar-refractivity contribution is 7.98. The van der Waals surface area contributed by atoms with Gasteiger partial charge in [0.05, 0.1) is 12.2 Å². The summed E-state index contributed by atoms with van der Waals surface area (Å²) in [5.41, 5.74) is 2.20. The molecule has 0 spiro atoms. The SMILES string of the molecule is CC1CCN(CC(=O)Nc2ccccc2SCc2ccccc2)CC1. The molecule has 25 heavy (non-hydrogen) atoms. The first-order chi connectivity index (χ1) is 12.2. The van der Waals surface area contributed by atoms with Crippen LogP contribution < -0.4 is 5.32 Å². The Labute approximate surface area is 154 Å². The van der Waals surface area contributed by atoms with E-state index in [1.807, 2.05) is 24.3 Å². The minimum absolute atomic E-state index is 0.0855. The number of piperidine rings is 1. The van der Waals surface area contributed by atoms with Gasteiger partial charge in [0.25, 0.3) is 0 Å². The normalized spacial score (nSPS) is 15.9. The van der Waals surface area contributed by atoms with Gasteiger partial charge in [-0.25, -0.2) is 0 Å². The summed E-state index contributed by atoms with van der Waals surface area (Å²) in [6.45, 7) is 4.83. The highest BCUT2D eigenvalue weighted by atomic mass is 32.2. The maximum Gasteiger partial charge on any atom is 0.238 e. The monoisotopic (exact) mass is 354 g/mol. The number of nitrogens with one attached hydrogen (secondary N) is 1. The van der Waals surface area contributed by atoms with Crippen molar-refractivity contribution in [3.05, 3.63) is 60.2 Å². The van der Waals surface area contributed by atoms with Crippen LogP contribution in [0.5, 0.6) is 0 Å². The lowest BCUT2D eigenvalue weighted by Crippen LogP contribution is -2.38. The van der Waals surface area contributed by atoms with Crippen molar-refractivity contribution in [3.8, 4) is 0 Å². The molecule has 2 aromatic carbocycles. The number of amides is 1. The minimum Gasteiger partial charge on any atom is -0.324 e. The van der Waals surface area contributed by atoms with Gasteiger partial charge in [-0.05, 0) is 49.5 Å². The molecule has 4 heteroatoms. The van der Waals surface area contributed by atoms with Crippen molar-refractivity contribution in [2.24, 2.45) is 5.92 Å². The second-order valence-electron chi connectivity index (χ2n) is 6.78. The number of likely N-dealkylation sites (tertiary alicyclic amines) is 1. The summed E-state index contributed by atoms with van der Waals surface area (Å²) < 4.78 is 0. The van der Waals surface area contributed by atoms with Crippen LogP contribution in [-0.4, -0.2) is 30.4 Å². The van der Waals surface area contributed by atoms with Crippen LogP contribution in [0.2, 0.25) is 0 Å². The molecule has 1 fully saturated rings. The van der Waals surface area contributed by atoms with Crippen molar-refractivity contribution in [1.82, 2.24) is 4.90 Å². The van der Waals surface area contributed by atoms with Crippen LogP contribution in [0.15, 0.2) is 59.5 Å². The Morgan fingerprint density at radius 1 is 1.08 bits per heavy atom. The highest BCUT2D eigenvalue weighted by Gasteiger charge is 2.18. The molecule has 0 aliphatic carbocycles. The molecule has 0 atom stereocenters. The number of carbonyl (C=O) groups is 1. The first-order valence-electron chi connectivity index (χ1n) is 8.98. The van der Waals surface area contributed by atoms with Crippen LogP contribution in [0.25, 0.3) is 0 Å². The van der Waals surface area contributed by atoms with E-state index in [2.05, 4.69) is 47.5 Å². The van der Waals surface area contributed by atoms with Gasteiger partial charge in [-0.1, -0.05) is 49.4 Å². The number of nitrogens with zero attached hydrogens (tertiary/aromatic N) is 1. The zero-order valence-electron chi connectivity index (χ0n) is 14.8. The Balaban J connectivity index is 1.56. The molecule has 1 amide bonds. The fraction of sp³-hybridized carbons (Fsp3) is 0.381. The molecule has 0 radical (unpaired) electrons. The third-order valence-electron chi connectivity index (χ3n) is 4.64. The van der Waals surface area contributed by atoms with E-state index in [1.165, 1.54) is 18.4 Å². The van der Waals surface area contributed by atoms with Crippen LogP contribution in [-0.2, 0) is 10.5 Å². The van der Waals surface area contributed by atoms with Crippen LogP contribution >= 0.6 is 11.8 Å². The largest absolute Gasteiger partial charge is 0.324 e. The Bertz CT molecular complexity index is 681. The smallest absolute Gasteiger partial charge is 0.238 e. The van der Waals surface area contributed by atoms with Crippen molar-refractivity contribution in [3.63, 3.8) is 0 Å². The number of rotatable bonds is 6. The summed E-state index contributed by atoms with van der Waals surface area (Å²) >= 11 is 1.76. The van der Waals surface area contributed by atoms with Crippen LogP contribution in [0.4, 0.5) is 5.69 Å². The van der Waals surface area contributed by atoms with Gasteiger partial charge in [0.1, 0.15) is 0 Å². The lowest BCUT2D eigenvalue weighted by atomic mass is 9.99. The molecule has 3 nitrogen and oxygen atoms in total. The molecular weight excluding hydrogens is 328 g/mol. The molecule has 1 aliphatic heterocycles. The fourth-order valence-electron chi connectivity index (χ4n) is 3.04. The highest BCUT2D eigenvalue weighted by Crippen LogP contribution is 2.29. The fourth-order valence-corrected chi connectivity index (χ4v) is 4.01. The standard InChI is InChI=1S/C21H26N2OS/c1-17-11-13-23(14-12-17)15-21(24)22-19-9-5-6-10-20(19)25-16-18-7-3-2-4-8-18/h2-10,17H,11-16H2,1H3,(H,22,24). The predicted molar refractivity (Wildman–Crippen MR) is 106 cm³/mol. The summed E-state index contributed by atoms with van der Waals surface area (Å²) in [7, 11) is 0. The Kier molecular flexibility index (Phi) is 6.54. The molecule has 0 saturated carbocycles. The summed E-state index contributed by atoms with van der Waals surface area (Å²) in [5.74, 6) is 1.77.